The van der Waals surface area contributed by atoms with Gasteiger partial charge in [0.05, 0.1) is 22.4 Å². The Kier molecular flexibility index (Phi) is 14.7. The summed E-state index contributed by atoms with van der Waals surface area (Å²) >= 11 is 0. The Hall–Kier alpha value is -11.0. The van der Waals surface area contributed by atoms with Crippen molar-refractivity contribution >= 4 is 39.9 Å². The molecule has 3 nitrogen and oxygen atoms in total. The molecule has 0 fully saturated rings. The van der Waals surface area contributed by atoms with Gasteiger partial charge >= 0.3 is 0 Å². The lowest BCUT2D eigenvalue weighted by atomic mass is 9.80. The maximum atomic E-state index is 8.02. The van der Waals surface area contributed by atoms with Crippen LogP contribution in [0.3, 0.4) is 0 Å². The Bertz CT molecular complexity index is 4610. The summed E-state index contributed by atoms with van der Waals surface area (Å²) in [6.07, 6.45) is 7.43. The molecule has 0 unspecified atom stereocenters. The smallest absolute Gasteiger partial charge is 0.0788 e. The summed E-state index contributed by atoms with van der Waals surface area (Å²) in [6.45, 7) is 5.84. The first-order chi connectivity index (χ1) is 41.5. The standard InChI is InChI=1S/C61H43N.C20H16N2/c1-42-19-17-30-50(39-42)52-37-38-54-55(41-52)62(53-32-18-31-51(40-53)45-35-33-44(34-36-45)43-20-7-2-8-21-43)61-59(49-28-15-6-16-29-49)57(47-24-11-4-12-25-47)56(46-22-9-3-10-23-46)58(60(54)61)48-26-13-5-14-27-48;1-22-20(18-9-5-6-10-19(18)21)17-13-11-16(12-14-17)15-7-3-2-4-8-15/h2-41H,1H3;2-14,21H,1H2/b;20-18-,21-19?. The van der Waals surface area contributed by atoms with Crippen molar-refractivity contribution in [1.82, 2.24) is 4.57 Å². The van der Waals surface area contributed by atoms with E-state index in [9.17, 15) is 0 Å². The third-order valence-corrected chi connectivity index (χ3v) is 15.8. The third-order valence-electron chi connectivity index (χ3n) is 15.8. The summed E-state index contributed by atoms with van der Waals surface area (Å²) in [6, 6.07) is 107. The highest BCUT2D eigenvalue weighted by Crippen LogP contribution is 2.54. The topological polar surface area (TPSA) is 41.1 Å². The van der Waals surface area contributed by atoms with Crippen LogP contribution in [0.5, 0.6) is 0 Å². The maximum absolute atomic E-state index is 8.02. The summed E-state index contributed by atoms with van der Waals surface area (Å²) in [7, 11) is 0. The summed E-state index contributed by atoms with van der Waals surface area (Å²) in [5.41, 5.74) is 26.7. The zero-order valence-electron chi connectivity index (χ0n) is 46.7. The van der Waals surface area contributed by atoms with Crippen LogP contribution < -0.4 is 0 Å². The highest BCUT2D eigenvalue weighted by molar-refractivity contribution is 6.27. The fourth-order valence-corrected chi connectivity index (χ4v) is 11.9. The summed E-state index contributed by atoms with van der Waals surface area (Å²) in [5, 5.41) is 10.5. The highest BCUT2D eigenvalue weighted by Gasteiger charge is 2.29. The molecule has 13 aromatic rings. The van der Waals surface area contributed by atoms with E-state index in [1.54, 1.807) is 6.08 Å². The highest BCUT2D eigenvalue weighted by atomic mass is 15.0. The van der Waals surface area contributed by atoms with Crippen molar-refractivity contribution < 1.29 is 0 Å². The predicted molar refractivity (Wildman–Crippen MR) is 358 cm³/mol. The van der Waals surface area contributed by atoms with Crippen LogP contribution in [-0.2, 0) is 0 Å². The van der Waals surface area contributed by atoms with Gasteiger partial charge in [0.25, 0.3) is 0 Å². The number of aromatic nitrogens is 1. The summed E-state index contributed by atoms with van der Waals surface area (Å²) in [5.74, 6) is 0. The molecule has 0 saturated carbocycles. The van der Waals surface area contributed by atoms with Gasteiger partial charge in [0.1, 0.15) is 0 Å². The molecule has 3 heteroatoms. The van der Waals surface area contributed by atoms with Gasteiger partial charge in [-0.1, -0.05) is 303 Å². The van der Waals surface area contributed by atoms with E-state index in [0.717, 1.165) is 33.6 Å². The number of hydrogen-bond acceptors (Lipinski definition) is 2. The van der Waals surface area contributed by atoms with Crippen LogP contribution in [0.15, 0.2) is 332 Å². The number of hydrogen-bond donors (Lipinski definition) is 1. The van der Waals surface area contributed by atoms with Gasteiger partial charge in [-0.05, 0) is 110 Å². The van der Waals surface area contributed by atoms with E-state index in [2.05, 4.69) is 290 Å². The first-order valence-electron chi connectivity index (χ1n) is 28.5. The fourth-order valence-electron chi connectivity index (χ4n) is 11.9. The number of nitrogens with one attached hydrogen (secondary N) is 1. The van der Waals surface area contributed by atoms with Crippen molar-refractivity contribution in [2.45, 2.75) is 6.92 Å². The lowest BCUT2D eigenvalue weighted by Gasteiger charge is -2.24. The van der Waals surface area contributed by atoms with E-state index in [1.807, 2.05) is 48.6 Å². The average molecular weight is 1070 g/mol. The first kappa shape index (κ1) is 52.4. The molecule has 1 heterocycles. The SMILES string of the molecule is C=N/C(=C1/C=CC=CC1=N)c1ccc(-c2ccccc2)cc1.Cc1cccc(-c2ccc3c4c(-c5ccccc5)c(-c5ccccc5)c(-c5ccccc5)c(-c5ccccc5)c4n(-c4cccc(-c5ccc(-c6ccccc6)cc5)c4)c3c2)c1. The van der Waals surface area contributed by atoms with Crippen molar-refractivity contribution in [2.24, 2.45) is 4.99 Å². The van der Waals surface area contributed by atoms with Gasteiger partial charge in [-0.3, -0.25) is 4.99 Å². The Morgan fingerprint density at radius 2 is 0.750 bits per heavy atom. The van der Waals surface area contributed by atoms with Crippen molar-refractivity contribution in [3.63, 3.8) is 0 Å². The van der Waals surface area contributed by atoms with Gasteiger partial charge in [-0.2, -0.15) is 0 Å². The van der Waals surface area contributed by atoms with Crippen molar-refractivity contribution in [3.05, 3.63) is 338 Å². The Morgan fingerprint density at radius 1 is 0.357 bits per heavy atom. The van der Waals surface area contributed by atoms with Crippen LogP contribution >= 0.6 is 0 Å². The third kappa shape index (κ3) is 10.4. The van der Waals surface area contributed by atoms with Gasteiger partial charge in [0.2, 0.25) is 0 Å². The number of allylic oxidation sites excluding steroid dienone is 5. The molecule has 84 heavy (non-hydrogen) atoms. The molecule has 0 bridgehead atoms. The molecule has 0 amide bonds. The predicted octanol–water partition coefficient (Wildman–Crippen LogP) is 21.7. The van der Waals surface area contributed by atoms with Crippen molar-refractivity contribution in [3.8, 4) is 94.7 Å². The zero-order valence-corrected chi connectivity index (χ0v) is 46.7. The molecule has 1 N–H and O–H groups in total. The molecule has 0 atom stereocenters. The molecule has 0 saturated heterocycles. The minimum absolute atomic E-state index is 0.456. The first-order valence-corrected chi connectivity index (χ1v) is 28.5. The van der Waals surface area contributed by atoms with Crippen LogP contribution in [0.2, 0.25) is 0 Å². The second-order valence-electron chi connectivity index (χ2n) is 21.1. The average Bonchev–Trinajstić information content (AvgIpc) is 1.79. The van der Waals surface area contributed by atoms with E-state index < -0.39 is 0 Å². The quantitative estimate of drug-likeness (QED) is 0.125. The fraction of sp³-hybridized carbons (Fsp3) is 0.0123. The van der Waals surface area contributed by atoms with Crippen molar-refractivity contribution in [1.29, 1.82) is 5.41 Å². The summed E-state index contributed by atoms with van der Waals surface area (Å²) in [4.78, 5) is 4.14. The maximum Gasteiger partial charge on any atom is 0.0788 e. The van der Waals surface area contributed by atoms with Crippen LogP contribution in [0.25, 0.3) is 122 Å². The molecular formula is C81H59N3. The normalized spacial score (nSPS) is 12.5. The van der Waals surface area contributed by atoms with Crippen LogP contribution in [0.4, 0.5) is 0 Å². The molecule has 1 aromatic heterocycles. The Balaban J connectivity index is 0.000000251. The van der Waals surface area contributed by atoms with E-state index in [4.69, 9.17) is 5.41 Å². The Morgan fingerprint density at radius 3 is 1.26 bits per heavy atom. The number of rotatable bonds is 11. The largest absolute Gasteiger partial charge is 0.309 e. The van der Waals surface area contributed by atoms with Crippen LogP contribution in [-0.4, -0.2) is 17.0 Å². The molecule has 1 aliphatic carbocycles. The number of nitrogens with zero attached hydrogens (tertiary/aromatic N) is 2. The minimum Gasteiger partial charge on any atom is -0.309 e. The van der Waals surface area contributed by atoms with Gasteiger partial charge < -0.3 is 9.98 Å². The minimum atomic E-state index is 0.456. The molecule has 0 aliphatic heterocycles. The number of aryl methyl sites for hydroxylation is 1. The molecule has 14 rings (SSSR count). The van der Waals surface area contributed by atoms with E-state index in [-0.39, 0.29) is 0 Å². The molecule has 12 aromatic carbocycles. The molecule has 0 spiro atoms. The van der Waals surface area contributed by atoms with E-state index in [0.29, 0.717) is 5.71 Å². The molecule has 1 aliphatic rings. The van der Waals surface area contributed by atoms with E-state index >= 15 is 0 Å². The summed E-state index contributed by atoms with van der Waals surface area (Å²) < 4.78 is 2.56. The van der Waals surface area contributed by atoms with Gasteiger partial charge in [-0.25, -0.2) is 0 Å². The molecule has 398 valence electrons. The molecule has 0 radical (unpaired) electrons. The van der Waals surface area contributed by atoms with Crippen molar-refractivity contribution in [2.75, 3.05) is 0 Å². The second-order valence-corrected chi connectivity index (χ2v) is 21.1. The number of aliphatic imine (C=N–C) groups is 1. The van der Waals surface area contributed by atoms with Gasteiger partial charge in [0.15, 0.2) is 0 Å². The lowest BCUT2D eigenvalue weighted by molar-refractivity contribution is 1.18. The second kappa shape index (κ2) is 23.6. The lowest BCUT2D eigenvalue weighted by Crippen LogP contribution is -2.01. The van der Waals surface area contributed by atoms with Crippen LogP contribution in [0.1, 0.15) is 11.1 Å². The monoisotopic (exact) mass is 1070 g/mol. The molecular weight excluding hydrogens is 1010 g/mol. The van der Waals surface area contributed by atoms with Crippen LogP contribution in [0, 0.1) is 12.3 Å². The van der Waals surface area contributed by atoms with Gasteiger partial charge in [-0.15, -0.1) is 0 Å². The van der Waals surface area contributed by atoms with E-state index in [1.165, 1.54) is 105 Å². The zero-order chi connectivity index (χ0) is 56.8. The Labute approximate surface area is 492 Å². The number of benzene rings is 12. The van der Waals surface area contributed by atoms with Gasteiger partial charge in [0, 0.05) is 44.3 Å². The number of fused-ring (bicyclic) bond motifs is 3.